The highest BCUT2D eigenvalue weighted by Crippen LogP contribution is 2.43. The number of hydrogen-bond donors (Lipinski definition) is 1. The average Bonchev–Trinajstić information content (AvgIpc) is 3.29. The summed E-state index contributed by atoms with van der Waals surface area (Å²) in [5, 5.41) is 0.913. The fourth-order valence-corrected chi connectivity index (χ4v) is 5.00. The van der Waals surface area contributed by atoms with Gasteiger partial charge in [-0.2, -0.15) is 0 Å². The van der Waals surface area contributed by atoms with Crippen molar-refractivity contribution in [2.75, 3.05) is 11.5 Å². The lowest BCUT2D eigenvalue weighted by Gasteiger charge is -2.22. The Balaban J connectivity index is 1.70. The smallest absolute Gasteiger partial charge is 0.297 e. The lowest BCUT2D eigenvalue weighted by atomic mass is 9.98. The molecule has 0 fully saturated rings. The minimum absolute atomic E-state index is 0.0194. The van der Waals surface area contributed by atoms with Gasteiger partial charge in [0.25, 0.3) is 11.8 Å². The molecule has 34 heavy (non-hydrogen) atoms. The molecule has 1 aliphatic rings. The fourth-order valence-electron chi connectivity index (χ4n) is 4.06. The topological polar surface area (TPSA) is 116 Å². The molecule has 0 saturated carbocycles. The number of nitrogens with zero attached hydrogens (tertiary/aromatic N) is 2. The molecular weight excluding hydrogens is 454 g/mol. The van der Waals surface area contributed by atoms with Crippen molar-refractivity contribution in [3.63, 3.8) is 0 Å². The Hall–Kier alpha value is -3.98. The van der Waals surface area contributed by atoms with E-state index in [9.17, 15) is 14.4 Å². The Labute approximate surface area is 198 Å². The predicted molar refractivity (Wildman–Crippen MR) is 129 cm³/mol. The first-order chi connectivity index (χ1) is 16.2. The zero-order valence-corrected chi connectivity index (χ0v) is 19.6. The van der Waals surface area contributed by atoms with Gasteiger partial charge in [-0.05, 0) is 50.6 Å². The standard InChI is InChI=1S/C25H21N3O5S/c1-12-4-9-18-17(10-12)22(30)20-21(15-5-7-16(8-6-15)32-11-19(26)29)28(24(31)23(20)33-18)25-27-13(2)14(3)34-25/h4-10,21H,11H2,1-3H3,(H2,26,29)/t21-/m1/s1. The van der Waals surface area contributed by atoms with Crippen LogP contribution in [0, 0.1) is 20.8 Å². The van der Waals surface area contributed by atoms with Crippen molar-refractivity contribution >= 4 is 39.3 Å². The number of aryl methyl sites for hydroxylation is 3. The van der Waals surface area contributed by atoms with Crippen LogP contribution in [0.5, 0.6) is 5.75 Å². The van der Waals surface area contributed by atoms with Crippen LogP contribution in [0.2, 0.25) is 0 Å². The molecule has 2 aromatic carbocycles. The number of thiazole rings is 1. The molecule has 2 aromatic heterocycles. The summed E-state index contributed by atoms with van der Waals surface area (Å²) in [6, 6.07) is 11.4. The van der Waals surface area contributed by atoms with Crippen molar-refractivity contribution in [1.29, 1.82) is 0 Å². The lowest BCUT2D eigenvalue weighted by molar-refractivity contribution is -0.119. The number of carbonyl (C=O) groups excluding carboxylic acids is 2. The summed E-state index contributed by atoms with van der Waals surface area (Å²) in [6.07, 6.45) is 0. The highest BCUT2D eigenvalue weighted by molar-refractivity contribution is 7.15. The molecule has 5 rings (SSSR count). The second-order valence-electron chi connectivity index (χ2n) is 8.21. The van der Waals surface area contributed by atoms with Crippen molar-refractivity contribution < 1.29 is 18.7 Å². The number of amides is 2. The summed E-state index contributed by atoms with van der Waals surface area (Å²) in [5.74, 6) is -0.533. The third-order valence-electron chi connectivity index (χ3n) is 5.83. The molecule has 0 spiro atoms. The summed E-state index contributed by atoms with van der Waals surface area (Å²) < 4.78 is 11.3. The minimum atomic E-state index is -0.723. The largest absolute Gasteiger partial charge is 0.484 e. The van der Waals surface area contributed by atoms with Crippen LogP contribution in [-0.4, -0.2) is 23.4 Å². The van der Waals surface area contributed by atoms with E-state index in [1.165, 1.54) is 16.2 Å². The van der Waals surface area contributed by atoms with Crippen LogP contribution < -0.4 is 20.8 Å². The van der Waals surface area contributed by atoms with Crippen LogP contribution in [-0.2, 0) is 4.79 Å². The zero-order chi connectivity index (χ0) is 24.1. The van der Waals surface area contributed by atoms with E-state index >= 15 is 0 Å². The van der Waals surface area contributed by atoms with Gasteiger partial charge in [-0.15, -0.1) is 11.3 Å². The maximum absolute atomic E-state index is 13.7. The highest BCUT2D eigenvalue weighted by atomic mass is 32.1. The number of benzene rings is 2. The lowest BCUT2D eigenvalue weighted by Crippen LogP contribution is -2.29. The van der Waals surface area contributed by atoms with E-state index in [-0.39, 0.29) is 23.4 Å². The zero-order valence-electron chi connectivity index (χ0n) is 18.7. The Kier molecular flexibility index (Phi) is 5.21. The Morgan fingerprint density at radius 2 is 1.88 bits per heavy atom. The first-order valence-electron chi connectivity index (χ1n) is 10.6. The van der Waals surface area contributed by atoms with Crippen molar-refractivity contribution in [1.82, 2.24) is 4.98 Å². The van der Waals surface area contributed by atoms with Gasteiger partial charge in [-0.25, -0.2) is 4.98 Å². The van der Waals surface area contributed by atoms with Gasteiger partial charge in [0.1, 0.15) is 11.3 Å². The van der Waals surface area contributed by atoms with Crippen molar-refractivity contribution in [3.05, 3.63) is 85.7 Å². The van der Waals surface area contributed by atoms with Crippen LogP contribution in [0.4, 0.5) is 5.13 Å². The maximum atomic E-state index is 13.7. The second kappa shape index (κ2) is 8.11. The molecule has 8 nitrogen and oxygen atoms in total. The second-order valence-corrected chi connectivity index (χ2v) is 9.39. The molecule has 2 N–H and O–H groups in total. The van der Waals surface area contributed by atoms with E-state index in [1.807, 2.05) is 26.8 Å². The molecule has 0 saturated heterocycles. The Morgan fingerprint density at radius 1 is 1.15 bits per heavy atom. The average molecular weight is 476 g/mol. The van der Waals surface area contributed by atoms with Gasteiger partial charge in [0.15, 0.2) is 17.2 Å². The van der Waals surface area contributed by atoms with Gasteiger partial charge in [-0.1, -0.05) is 23.8 Å². The summed E-state index contributed by atoms with van der Waals surface area (Å²) in [6.45, 7) is 5.46. The number of ether oxygens (including phenoxy) is 1. The number of carbonyl (C=O) groups is 2. The number of primary amides is 1. The molecule has 3 heterocycles. The normalized spacial score (nSPS) is 15.1. The quantitative estimate of drug-likeness (QED) is 0.470. The molecule has 0 radical (unpaired) electrons. The van der Waals surface area contributed by atoms with Crippen molar-refractivity contribution in [2.24, 2.45) is 5.73 Å². The summed E-state index contributed by atoms with van der Waals surface area (Å²) >= 11 is 1.39. The summed E-state index contributed by atoms with van der Waals surface area (Å²) in [7, 11) is 0. The van der Waals surface area contributed by atoms with E-state index in [0.29, 0.717) is 27.4 Å². The highest BCUT2D eigenvalue weighted by Gasteiger charge is 2.45. The molecule has 0 unspecified atom stereocenters. The maximum Gasteiger partial charge on any atom is 0.297 e. The number of anilines is 1. The molecule has 1 atom stereocenters. The van der Waals surface area contributed by atoms with Gasteiger partial charge in [0.05, 0.1) is 22.7 Å². The van der Waals surface area contributed by atoms with E-state index in [1.54, 1.807) is 36.4 Å². The molecule has 2 amide bonds. The van der Waals surface area contributed by atoms with Gasteiger partial charge in [0.2, 0.25) is 5.76 Å². The monoisotopic (exact) mass is 475 g/mol. The van der Waals surface area contributed by atoms with E-state index in [2.05, 4.69) is 4.98 Å². The van der Waals surface area contributed by atoms with Gasteiger partial charge in [-0.3, -0.25) is 19.3 Å². The first kappa shape index (κ1) is 21.8. The molecule has 9 heteroatoms. The molecule has 172 valence electrons. The van der Waals surface area contributed by atoms with Gasteiger partial charge < -0.3 is 14.9 Å². The third kappa shape index (κ3) is 3.54. The van der Waals surface area contributed by atoms with Crippen molar-refractivity contribution in [3.8, 4) is 5.75 Å². The number of hydrogen-bond acceptors (Lipinski definition) is 7. The molecule has 0 aliphatic carbocycles. The molecule has 0 bridgehead atoms. The fraction of sp³-hybridized carbons (Fsp3) is 0.200. The van der Waals surface area contributed by atoms with Gasteiger partial charge in [0, 0.05) is 4.88 Å². The molecule has 4 aromatic rings. The SMILES string of the molecule is Cc1ccc2oc3c(c(=O)c2c1)[C@@H](c1ccc(OCC(N)=O)cc1)N(c1nc(C)c(C)s1)C3=O. The van der Waals surface area contributed by atoms with Gasteiger partial charge >= 0.3 is 0 Å². The van der Waals surface area contributed by atoms with Crippen LogP contribution in [0.15, 0.2) is 51.7 Å². The number of rotatable bonds is 5. The Morgan fingerprint density at radius 3 is 2.53 bits per heavy atom. The van der Waals surface area contributed by atoms with Crippen LogP contribution in [0.25, 0.3) is 11.0 Å². The van der Waals surface area contributed by atoms with Crippen LogP contribution in [0.1, 0.15) is 43.9 Å². The third-order valence-corrected chi connectivity index (χ3v) is 6.90. The molecule has 1 aliphatic heterocycles. The number of nitrogens with two attached hydrogens (primary N) is 1. The van der Waals surface area contributed by atoms with E-state index in [4.69, 9.17) is 14.9 Å². The van der Waals surface area contributed by atoms with Crippen LogP contribution in [0.3, 0.4) is 0 Å². The number of fused-ring (bicyclic) bond motifs is 2. The summed E-state index contributed by atoms with van der Waals surface area (Å²) in [5.41, 5.74) is 7.96. The number of aromatic nitrogens is 1. The Bertz CT molecular complexity index is 1500. The van der Waals surface area contributed by atoms with Crippen LogP contribution >= 0.6 is 11.3 Å². The minimum Gasteiger partial charge on any atom is -0.484 e. The predicted octanol–water partition coefficient (Wildman–Crippen LogP) is 3.79. The summed E-state index contributed by atoms with van der Waals surface area (Å²) in [4.78, 5) is 45.4. The first-order valence-corrected chi connectivity index (χ1v) is 11.4. The van der Waals surface area contributed by atoms with Crippen molar-refractivity contribution in [2.45, 2.75) is 26.8 Å². The van der Waals surface area contributed by atoms with E-state index in [0.717, 1.165) is 16.1 Å². The van der Waals surface area contributed by atoms with E-state index < -0.39 is 17.9 Å². The molecular formula is C25H21N3O5S.